The summed E-state index contributed by atoms with van der Waals surface area (Å²) in [4.78, 5) is 0. The van der Waals surface area contributed by atoms with Gasteiger partial charge in [0.25, 0.3) is 0 Å². The third kappa shape index (κ3) is 2.58. The molecule has 1 fully saturated rings. The van der Waals surface area contributed by atoms with Gasteiger partial charge in [-0.2, -0.15) is 0 Å². The van der Waals surface area contributed by atoms with Crippen molar-refractivity contribution in [3.63, 3.8) is 0 Å². The fraction of sp³-hybridized carbons (Fsp3) is 1.00. The van der Waals surface area contributed by atoms with E-state index < -0.39 is 0 Å². The highest BCUT2D eigenvalue weighted by Crippen LogP contribution is 2.51. The van der Waals surface area contributed by atoms with Gasteiger partial charge in [-0.05, 0) is 32.7 Å². The maximum Gasteiger partial charge on any atom is 0.0731 e. The number of hydrogen-bond donors (Lipinski definition) is 1. The number of ether oxygens (including phenoxy) is 2. The van der Waals surface area contributed by atoms with Gasteiger partial charge in [0.15, 0.2) is 0 Å². The molecule has 1 aliphatic carbocycles. The van der Waals surface area contributed by atoms with Gasteiger partial charge in [-0.15, -0.1) is 0 Å². The Balaban J connectivity index is 2.21. The van der Waals surface area contributed by atoms with E-state index in [2.05, 4.69) is 26.1 Å². The Labute approximate surface area is 99.9 Å². The zero-order valence-electron chi connectivity index (χ0n) is 11.4. The van der Waals surface area contributed by atoms with Crippen molar-refractivity contribution in [2.75, 3.05) is 27.4 Å². The molecule has 0 heterocycles. The minimum Gasteiger partial charge on any atom is -0.385 e. The van der Waals surface area contributed by atoms with Crippen molar-refractivity contribution >= 4 is 0 Å². The number of nitrogens with one attached hydrogen (secondary N) is 1. The number of unbranched alkanes of at least 4 members (excludes halogenated alkanes) is 1. The lowest BCUT2D eigenvalue weighted by Crippen LogP contribution is -2.67. The van der Waals surface area contributed by atoms with E-state index in [-0.39, 0.29) is 11.0 Å². The van der Waals surface area contributed by atoms with E-state index in [9.17, 15) is 0 Å². The summed E-state index contributed by atoms with van der Waals surface area (Å²) in [6.45, 7) is 8.72. The molecule has 0 saturated heterocycles. The van der Waals surface area contributed by atoms with Gasteiger partial charge < -0.3 is 14.8 Å². The smallest absolute Gasteiger partial charge is 0.0731 e. The third-order valence-corrected chi connectivity index (χ3v) is 4.44. The summed E-state index contributed by atoms with van der Waals surface area (Å²) in [6.07, 6.45) is 3.43. The maximum atomic E-state index is 5.60. The van der Waals surface area contributed by atoms with Crippen LogP contribution in [0.3, 0.4) is 0 Å². The molecule has 0 aromatic rings. The van der Waals surface area contributed by atoms with Crippen molar-refractivity contribution in [2.24, 2.45) is 5.41 Å². The molecule has 96 valence electrons. The second-order valence-electron chi connectivity index (χ2n) is 5.57. The average molecular weight is 229 g/mol. The summed E-state index contributed by atoms with van der Waals surface area (Å²) in [5, 5.41) is 3.62. The number of rotatable bonds is 7. The highest BCUT2D eigenvalue weighted by Gasteiger charge is 2.57. The first-order valence-electron chi connectivity index (χ1n) is 6.25. The van der Waals surface area contributed by atoms with Gasteiger partial charge in [0.2, 0.25) is 0 Å². The van der Waals surface area contributed by atoms with Crippen LogP contribution in [0.4, 0.5) is 0 Å². The van der Waals surface area contributed by atoms with Crippen molar-refractivity contribution in [1.29, 1.82) is 0 Å². The molecule has 0 aromatic heterocycles. The second kappa shape index (κ2) is 5.48. The fourth-order valence-electron chi connectivity index (χ4n) is 2.47. The minimum absolute atomic E-state index is 0.0389. The highest BCUT2D eigenvalue weighted by molar-refractivity contribution is 5.11. The molecule has 1 N–H and O–H groups in total. The molecule has 0 spiro atoms. The quantitative estimate of drug-likeness (QED) is 0.679. The summed E-state index contributed by atoms with van der Waals surface area (Å²) in [6, 6.07) is 0.583. The van der Waals surface area contributed by atoms with Gasteiger partial charge in [0.05, 0.1) is 5.60 Å². The Hall–Kier alpha value is -0.120. The zero-order chi connectivity index (χ0) is 12.2. The molecule has 0 amide bonds. The van der Waals surface area contributed by atoms with Crippen molar-refractivity contribution in [1.82, 2.24) is 5.32 Å². The Morgan fingerprint density at radius 2 is 1.88 bits per heavy atom. The second-order valence-corrected chi connectivity index (χ2v) is 5.57. The van der Waals surface area contributed by atoms with Gasteiger partial charge >= 0.3 is 0 Å². The molecule has 2 atom stereocenters. The van der Waals surface area contributed by atoms with Crippen LogP contribution in [0, 0.1) is 5.41 Å². The van der Waals surface area contributed by atoms with E-state index in [0.717, 1.165) is 26.0 Å². The SMILES string of the molecule is COCCCCNC1CC(C)(OC)C1(C)C. The Morgan fingerprint density at radius 3 is 2.38 bits per heavy atom. The first-order chi connectivity index (χ1) is 7.48. The summed E-state index contributed by atoms with van der Waals surface area (Å²) >= 11 is 0. The lowest BCUT2D eigenvalue weighted by molar-refractivity contribution is -0.180. The number of hydrogen-bond acceptors (Lipinski definition) is 3. The molecule has 0 radical (unpaired) electrons. The number of methoxy groups -OCH3 is 2. The van der Waals surface area contributed by atoms with Gasteiger partial charge in [-0.1, -0.05) is 13.8 Å². The Bertz CT molecular complexity index is 218. The van der Waals surface area contributed by atoms with E-state index in [4.69, 9.17) is 9.47 Å². The molecule has 0 bridgehead atoms. The Morgan fingerprint density at radius 1 is 1.19 bits per heavy atom. The van der Waals surface area contributed by atoms with E-state index in [1.165, 1.54) is 6.42 Å². The monoisotopic (exact) mass is 229 g/mol. The highest BCUT2D eigenvalue weighted by atomic mass is 16.5. The Kier molecular flexibility index (Phi) is 4.77. The molecule has 3 heteroatoms. The summed E-state index contributed by atoms with van der Waals surface area (Å²) in [5.74, 6) is 0. The van der Waals surface area contributed by atoms with Crippen molar-refractivity contribution in [2.45, 2.75) is 51.7 Å². The third-order valence-electron chi connectivity index (χ3n) is 4.44. The molecule has 3 nitrogen and oxygen atoms in total. The van der Waals surface area contributed by atoms with Crippen molar-refractivity contribution < 1.29 is 9.47 Å². The van der Waals surface area contributed by atoms with Crippen LogP contribution in [0.1, 0.15) is 40.0 Å². The molecule has 1 aliphatic rings. The van der Waals surface area contributed by atoms with Gasteiger partial charge in [-0.3, -0.25) is 0 Å². The molecular formula is C13H27NO2. The lowest BCUT2D eigenvalue weighted by Gasteiger charge is -2.59. The van der Waals surface area contributed by atoms with Crippen LogP contribution >= 0.6 is 0 Å². The van der Waals surface area contributed by atoms with Crippen molar-refractivity contribution in [3.05, 3.63) is 0 Å². The van der Waals surface area contributed by atoms with Gasteiger partial charge in [0, 0.05) is 32.3 Å². The van der Waals surface area contributed by atoms with Crippen LogP contribution in [0.15, 0.2) is 0 Å². The average Bonchev–Trinajstić information content (AvgIpc) is 2.26. The summed E-state index contributed by atoms with van der Waals surface area (Å²) in [5.41, 5.74) is 0.264. The van der Waals surface area contributed by atoms with Crippen LogP contribution in [0.25, 0.3) is 0 Å². The van der Waals surface area contributed by atoms with E-state index in [1.807, 2.05) is 7.11 Å². The topological polar surface area (TPSA) is 30.5 Å². The molecule has 2 unspecified atom stereocenters. The molecule has 1 saturated carbocycles. The van der Waals surface area contributed by atoms with Crippen LogP contribution in [0.2, 0.25) is 0 Å². The molecule has 0 aromatic carbocycles. The molecule has 1 rings (SSSR count). The maximum absolute atomic E-state index is 5.60. The predicted molar refractivity (Wildman–Crippen MR) is 66.7 cm³/mol. The van der Waals surface area contributed by atoms with Crippen LogP contribution in [0.5, 0.6) is 0 Å². The first-order valence-corrected chi connectivity index (χ1v) is 6.25. The van der Waals surface area contributed by atoms with Gasteiger partial charge in [0.1, 0.15) is 0 Å². The van der Waals surface area contributed by atoms with E-state index in [1.54, 1.807) is 7.11 Å². The fourth-order valence-corrected chi connectivity index (χ4v) is 2.47. The standard InChI is InChI=1S/C13H27NO2/c1-12(2)11(10-13(12,3)16-5)14-8-6-7-9-15-4/h11,14H,6-10H2,1-5H3. The summed E-state index contributed by atoms with van der Waals surface area (Å²) in [7, 11) is 3.57. The predicted octanol–water partition coefficient (Wildman–Crippen LogP) is 2.21. The largest absolute Gasteiger partial charge is 0.385 e. The molecule has 16 heavy (non-hydrogen) atoms. The molecular weight excluding hydrogens is 202 g/mol. The summed E-state index contributed by atoms with van der Waals surface area (Å²) < 4.78 is 10.6. The van der Waals surface area contributed by atoms with Crippen LogP contribution in [-0.4, -0.2) is 39.0 Å². The van der Waals surface area contributed by atoms with Crippen molar-refractivity contribution in [3.8, 4) is 0 Å². The zero-order valence-corrected chi connectivity index (χ0v) is 11.4. The molecule has 0 aliphatic heterocycles. The normalized spacial score (nSPS) is 32.4. The minimum atomic E-state index is 0.0389. The van der Waals surface area contributed by atoms with Crippen LogP contribution in [-0.2, 0) is 9.47 Å². The van der Waals surface area contributed by atoms with Crippen LogP contribution < -0.4 is 5.32 Å². The lowest BCUT2D eigenvalue weighted by atomic mass is 9.56. The van der Waals surface area contributed by atoms with E-state index in [0.29, 0.717) is 6.04 Å². The van der Waals surface area contributed by atoms with Gasteiger partial charge in [-0.25, -0.2) is 0 Å². The van der Waals surface area contributed by atoms with E-state index >= 15 is 0 Å². The first kappa shape index (κ1) is 13.9.